The summed E-state index contributed by atoms with van der Waals surface area (Å²) in [5.41, 5.74) is 5.78. The lowest BCUT2D eigenvalue weighted by Gasteiger charge is -2.26. The Morgan fingerprint density at radius 1 is 0.972 bits per heavy atom. The molecule has 0 bridgehead atoms. The van der Waals surface area contributed by atoms with Gasteiger partial charge in [0.25, 0.3) is 0 Å². The highest BCUT2D eigenvalue weighted by Gasteiger charge is 2.23. The smallest absolute Gasteiger partial charge is 0.220 e. The van der Waals surface area contributed by atoms with Gasteiger partial charge in [-0.15, -0.1) is 0 Å². The number of benzene rings is 4. The topological polar surface area (TPSA) is 76.7 Å². The van der Waals surface area contributed by atoms with Crippen LogP contribution in [0.2, 0.25) is 0 Å². The first kappa shape index (κ1) is 23.6. The minimum atomic E-state index is 0.0973. The van der Waals surface area contributed by atoms with Crippen molar-refractivity contribution in [1.29, 1.82) is 0 Å². The first-order valence-corrected chi connectivity index (χ1v) is 12.5. The van der Waals surface area contributed by atoms with Crippen molar-refractivity contribution in [2.45, 2.75) is 44.8 Å². The molecule has 0 fully saturated rings. The predicted molar refractivity (Wildman–Crippen MR) is 145 cm³/mol. The average molecular weight is 478 g/mol. The van der Waals surface area contributed by atoms with Crippen LogP contribution in [0.5, 0.6) is 5.75 Å². The fraction of sp³-hybridized carbons (Fsp3) is 0.226. The number of fused-ring (bicyclic) bond motifs is 2. The van der Waals surface area contributed by atoms with Crippen LogP contribution in [0.15, 0.2) is 90.0 Å². The summed E-state index contributed by atoms with van der Waals surface area (Å²) in [4.78, 5) is 12.7. The van der Waals surface area contributed by atoms with E-state index in [2.05, 4.69) is 58.9 Å². The minimum absolute atomic E-state index is 0.0973. The maximum absolute atomic E-state index is 12.7. The van der Waals surface area contributed by atoms with Gasteiger partial charge in [0.1, 0.15) is 12.4 Å². The Hall–Kier alpha value is -4.12. The lowest BCUT2D eigenvalue weighted by molar-refractivity contribution is -0.121. The van der Waals surface area contributed by atoms with Crippen LogP contribution in [0.4, 0.5) is 0 Å². The van der Waals surface area contributed by atoms with Gasteiger partial charge in [-0.05, 0) is 88.0 Å². The number of nitrogens with zero attached hydrogens (tertiary/aromatic N) is 1. The van der Waals surface area contributed by atoms with E-state index in [0.717, 1.165) is 52.5 Å². The maximum Gasteiger partial charge on any atom is 0.220 e. The summed E-state index contributed by atoms with van der Waals surface area (Å²) < 4.78 is 6.19. The van der Waals surface area contributed by atoms with Crippen LogP contribution in [0.25, 0.3) is 10.8 Å². The third-order valence-electron chi connectivity index (χ3n) is 6.88. The van der Waals surface area contributed by atoms with Crippen molar-refractivity contribution >= 4 is 22.9 Å². The zero-order chi connectivity index (χ0) is 24.7. The molecule has 3 N–H and O–H groups in total. The molecule has 1 aliphatic rings. The van der Waals surface area contributed by atoms with Crippen molar-refractivity contribution in [3.63, 3.8) is 0 Å². The largest absolute Gasteiger partial charge is 0.489 e. The van der Waals surface area contributed by atoms with E-state index < -0.39 is 0 Å². The number of hydrogen-bond donors (Lipinski definition) is 2. The van der Waals surface area contributed by atoms with Crippen LogP contribution < -0.4 is 15.9 Å². The summed E-state index contributed by atoms with van der Waals surface area (Å²) in [7, 11) is 0. The number of amides is 1. The first-order chi connectivity index (χ1) is 17.7. The minimum Gasteiger partial charge on any atom is -0.489 e. The van der Waals surface area contributed by atoms with E-state index in [9.17, 15) is 4.79 Å². The second kappa shape index (κ2) is 11.1. The molecule has 5 heteroatoms. The summed E-state index contributed by atoms with van der Waals surface area (Å²) in [5, 5.41) is 8.97. The second-order valence-corrected chi connectivity index (χ2v) is 9.42. The molecule has 4 aromatic carbocycles. The molecule has 0 aliphatic heterocycles. The summed E-state index contributed by atoms with van der Waals surface area (Å²) in [5.74, 6) is 6.43. The Labute approximate surface area is 212 Å². The van der Waals surface area contributed by atoms with E-state index in [1.165, 1.54) is 11.1 Å². The molecule has 182 valence electrons. The number of nitrogens with one attached hydrogen (secondary N) is 1. The summed E-state index contributed by atoms with van der Waals surface area (Å²) >= 11 is 0. The standard InChI is InChI=1S/C31H31N3O2/c32-34-20-23-9-11-27-16-24(10-12-26(27)15-23)21-36-29-14-13-25-7-4-8-28(30(25)18-29)17-31(35)33-19-22-5-2-1-3-6-22/h1-3,5-6,9-16,18,20,28H,4,7-8,17,19,21,32H2,(H,33,35). The molecule has 1 unspecified atom stereocenters. The van der Waals surface area contributed by atoms with Crippen LogP contribution in [0.3, 0.4) is 0 Å². The molecule has 36 heavy (non-hydrogen) atoms. The van der Waals surface area contributed by atoms with Crippen molar-refractivity contribution < 1.29 is 9.53 Å². The van der Waals surface area contributed by atoms with Gasteiger partial charge in [0.05, 0.1) is 6.21 Å². The van der Waals surface area contributed by atoms with Crippen molar-refractivity contribution in [3.8, 4) is 5.75 Å². The molecule has 0 saturated carbocycles. The molecular weight excluding hydrogens is 446 g/mol. The lowest BCUT2D eigenvalue weighted by Crippen LogP contribution is -2.25. The number of nitrogens with two attached hydrogens (primary N) is 1. The lowest BCUT2D eigenvalue weighted by atomic mass is 9.81. The van der Waals surface area contributed by atoms with Gasteiger partial charge in [-0.25, -0.2) is 0 Å². The molecule has 0 heterocycles. The van der Waals surface area contributed by atoms with Gasteiger partial charge >= 0.3 is 0 Å². The molecule has 1 atom stereocenters. The summed E-state index contributed by atoms with van der Waals surface area (Å²) in [6, 6.07) is 28.9. The Morgan fingerprint density at radius 2 is 1.81 bits per heavy atom. The van der Waals surface area contributed by atoms with E-state index in [-0.39, 0.29) is 11.8 Å². The molecule has 5 rings (SSSR count). The zero-order valence-corrected chi connectivity index (χ0v) is 20.3. The maximum atomic E-state index is 12.7. The average Bonchev–Trinajstić information content (AvgIpc) is 2.91. The summed E-state index contributed by atoms with van der Waals surface area (Å²) in [6.07, 6.45) is 5.34. The molecule has 0 radical (unpaired) electrons. The Bertz CT molecular complexity index is 1380. The van der Waals surface area contributed by atoms with Gasteiger partial charge < -0.3 is 15.9 Å². The number of hydrogen-bond acceptors (Lipinski definition) is 4. The number of carbonyl (C=O) groups excluding carboxylic acids is 1. The third kappa shape index (κ3) is 5.74. The fourth-order valence-electron chi connectivity index (χ4n) is 5.01. The highest BCUT2D eigenvalue weighted by Crippen LogP contribution is 2.36. The molecular formula is C31H31N3O2. The first-order valence-electron chi connectivity index (χ1n) is 12.5. The van der Waals surface area contributed by atoms with Gasteiger partial charge in [-0.3, -0.25) is 4.79 Å². The molecule has 0 saturated heterocycles. The van der Waals surface area contributed by atoms with Gasteiger partial charge in [-0.1, -0.05) is 60.7 Å². The number of carbonyl (C=O) groups is 1. The number of rotatable bonds is 8. The van der Waals surface area contributed by atoms with Crippen LogP contribution >= 0.6 is 0 Å². The van der Waals surface area contributed by atoms with E-state index in [1.54, 1.807) is 6.21 Å². The molecule has 1 aliphatic carbocycles. The molecule has 5 nitrogen and oxygen atoms in total. The number of aryl methyl sites for hydroxylation is 1. The molecule has 0 spiro atoms. The normalized spacial score (nSPS) is 15.1. The SMILES string of the molecule is NN=Cc1ccc2cc(COc3ccc4c(c3)C(CC(=O)NCc3ccccc3)CCC4)ccc2c1. The van der Waals surface area contributed by atoms with Gasteiger partial charge in [0, 0.05) is 13.0 Å². The highest BCUT2D eigenvalue weighted by atomic mass is 16.5. The van der Waals surface area contributed by atoms with E-state index >= 15 is 0 Å². The number of hydrazone groups is 1. The van der Waals surface area contributed by atoms with Crippen molar-refractivity contribution in [3.05, 3.63) is 113 Å². The van der Waals surface area contributed by atoms with E-state index in [4.69, 9.17) is 10.6 Å². The quantitative estimate of drug-likeness (QED) is 0.190. The number of ether oxygens (including phenoxy) is 1. The van der Waals surface area contributed by atoms with Crippen LogP contribution in [0, 0.1) is 0 Å². The Morgan fingerprint density at radius 3 is 2.67 bits per heavy atom. The molecule has 4 aromatic rings. The Kier molecular flexibility index (Phi) is 7.27. The van der Waals surface area contributed by atoms with Gasteiger partial charge in [0.15, 0.2) is 0 Å². The van der Waals surface area contributed by atoms with Gasteiger partial charge in [-0.2, -0.15) is 5.10 Å². The highest BCUT2D eigenvalue weighted by molar-refractivity contribution is 5.90. The molecule has 1 amide bonds. The van der Waals surface area contributed by atoms with Crippen LogP contribution in [-0.2, 0) is 24.4 Å². The van der Waals surface area contributed by atoms with Crippen molar-refractivity contribution in [2.24, 2.45) is 10.9 Å². The van der Waals surface area contributed by atoms with Gasteiger partial charge in [0.2, 0.25) is 5.91 Å². The molecule has 0 aromatic heterocycles. The van der Waals surface area contributed by atoms with Crippen molar-refractivity contribution in [2.75, 3.05) is 0 Å². The fourth-order valence-corrected chi connectivity index (χ4v) is 5.01. The Balaban J connectivity index is 1.23. The monoisotopic (exact) mass is 477 g/mol. The predicted octanol–water partition coefficient (Wildman–Crippen LogP) is 5.84. The van der Waals surface area contributed by atoms with E-state index in [0.29, 0.717) is 19.6 Å². The third-order valence-corrected chi connectivity index (χ3v) is 6.88. The van der Waals surface area contributed by atoms with Crippen LogP contribution in [-0.4, -0.2) is 12.1 Å². The van der Waals surface area contributed by atoms with E-state index in [1.807, 2.05) is 36.4 Å². The summed E-state index contributed by atoms with van der Waals surface area (Å²) in [6.45, 7) is 1.05. The zero-order valence-electron chi connectivity index (χ0n) is 20.3. The van der Waals surface area contributed by atoms with Crippen LogP contribution in [0.1, 0.15) is 53.0 Å². The second-order valence-electron chi connectivity index (χ2n) is 9.42. The van der Waals surface area contributed by atoms with Crippen molar-refractivity contribution in [1.82, 2.24) is 5.32 Å².